The third-order valence-electron chi connectivity index (χ3n) is 2.60. The van der Waals surface area contributed by atoms with E-state index < -0.39 is 36.7 Å². The number of aliphatic hydroxyl groups is 2. The number of rotatable bonds is 4. The molecular weight excluding hydrogens is 232 g/mol. The van der Waals surface area contributed by atoms with Crippen molar-refractivity contribution < 1.29 is 34.0 Å². The van der Waals surface area contributed by atoms with Gasteiger partial charge in [0.15, 0.2) is 6.29 Å². The maximum atomic E-state index is 10.7. The van der Waals surface area contributed by atoms with Crippen LogP contribution in [-0.4, -0.2) is 67.7 Å². The Morgan fingerprint density at radius 3 is 2.35 bits per heavy atom. The van der Waals surface area contributed by atoms with Crippen molar-refractivity contribution in [1.82, 2.24) is 0 Å². The highest BCUT2D eigenvalue weighted by Crippen LogP contribution is 2.23. The van der Waals surface area contributed by atoms with Crippen LogP contribution in [-0.2, 0) is 23.7 Å². The molecule has 17 heavy (non-hydrogen) atoms. The summed E-state index contributed by atoms with van der Waals surface area (Å²) in [5.74, 6) is -0.488. The van der Waals surface area contributed by atoms with E-state index in [0.29, 0.717) is 0 Å². The summed E-state index contributed by atoms with van der Waals surface area (Å²) in [6, 6.07) is 0. The van der Waals surface area contributed by atoms with Gasteiger partial charge in [-0.15, -0.1) is 0 Å². The van der Waals surface area contributed by atoms with E-state index in [2.05, 4.69) is 0 Å². The van der Waals surface area contributed by atoms with Gasteiger partial charge >= 0.3 is 5.97 Å². The van der Waals surface area contributed by atoms with Crippen LogP contribution in [0.2, 0.25) is 0 Å². The summed E-state index contributed by atoms with van der Waals surface area (Å²) < 4.78 is 20.0. The summed E-state index contributed by atoms with van der Waals surface area (Å²) in [5.41, 5.74) is 0. The smallest absolute Gasteiger partial charge is 0.302 e. The number of hydrogen-bond donors (Lipinski definition) is 2. The van der Waals surface area contributed by atoms with Crippen molar-refractivity contribution in [1.29, 1.82) is 0 Å². The van der Waals surface area contributed by atoms with Gasteiger partial charge in [-0.2, -0.15) is 0 Å². The summed E-state index contributed by atoms with van der Waals surface area (Å²) in [6.07, 6.45) is -4.82. The molecule has 7 nitrogen and oxygen atoms in total. The molecule has 1 saturated heterocycles. The van der Waals surface area contributed by atoms with Crippen LogP contribution in [0.1, 0.15) is 6.92 Å². The molecule has 1 aliphatic heterocycles. The molecule has 0 saturated carbocycles. The fourth-order valence-corrected chi connectivity index (χ4v) is 1.68. The Hall–Kier alpha value is -0.730. The van der Waals surface area contributed by atoms with E-state index in [0.717, 1.165) is 0 Å². The van der Waals surface area contributed by atoms with E-state index >= 15 is 0 Å². The molecule has 0 spiro atoms. The molecule has 100 valence electrons. The average Bonchev–Trinajstić information content (AvgIpc) is 2.30. The second kappa shape index (κ2) is 6.27. The van der Waals surface area contributed by atoms with Gasteiger partial charge < -0.3 is 29.2 Å². The zero-order valence-electron chi connectivity index (χ0n) is 10.0. The van der Waals surface area contributed by atoms with Gasteiger partial charge in [-0.05, 0) is 0 Å². The molecule has 1 fully saturated rings. The minimum absolute atomic E-state index is 0.149. The molecule has 0 aliphatic carbocycles. The second-order valence-electron chi connectivity index (χ2n) is 3.76. The lowest BCUT2D eigenvalue weighted by Crippen LogP contribution is -2.59. The molecule has 0 radical (unpaired) electrons. The quantitative estimate of drug-likeness (QED) is 0.596. The lowest BCUT2D eigenvalue weighted by molar-refractivity contribution is -0.299. The summed E-state index contributed by atoms with van der Waals surface area (Å²) in [4.78, 5) is 10.7. The minimum atomic E-state index is -1.20. The highest BCUT2D eigenvalue weighted by molar-refractivity contribution is 5.65. The van der Waals surface area contributed by atoms with E-state index in [1.165, 1.54) is 21.1 Å². The van der Waals surface area contributed by atoms with Crippen LogP contribution < -0.4 is 0 Å². The maximum Gasteiger partial charge on any atom is 0.302 e. The molecule has 3 unspecified atom stereocenters. The number of methoxy groups -OCH3 is 2. The van der Waals surface area contributed by atoms with E-state index in [1.807, 2.05) is 0 Å². The lowest BCUT2D eigenvalue weighted by atomic mass is 9.99. The summed E-state index contributed by atoms with van der Waals surface area (Å²) >= 11 is 0. The van der Waals surface area contributed by atoms with Crippen LogP contribution in [0.15, 0.2) is 0 Å². The van der Waals surface area contributed by atoms with Crippen molar-refractivity contribution in [3.05, 3.63) is 0 Å². The number of hydrogen-bond acceptors (Lipinski definition) is 7. The second-order valence-corrected chi connectivity index (χ2v) is 3.76. The first-order chi connectivity index (χ1) is 8.01. The van der Waals surface area contributed by atoms with E-state index in [4.69, 9.17) is 18.9 Å². The fourth-order valence-electron chi connectivity index (χ4n) is 1.68. The highest BCUT2D eigenvalue weighted by Gasteiger charge is 2.45. The third-order valence-corrected chi connectivity index (χ3v) is 2.60. The number of ether oxygens (including phenoxy) is 4. The predicted octanol–water partition coefficient (Wildman–Crippen LogP) is -1.34. The van der Waals surface area contributed by atoms with Gasteiger partial charge in [-0.1, -0.05) is 0 Å². The molecule has 2 N–H and O–H groups in total. The van der Waals surface area contributed by atoms with Crippen molar-refractivity contribution in [3.63, 3.8) is 0 Å². The number of carbonyl (C=O) groups is 1. The monoisotopic (exact) mass is 250 g/mol. The Balaban J connectivity index is 2.65. The van der Waals surface area contributed by atoms with Gasteiger partial charge in [-0.3, -0.25) is 4.79 Å². The van der Waals surface area contributed by atoms with Gasteiger partial charge in [0.1, 0.15) is 31.0 Å². The van der Waals surface area contributed by atoms with Gasteiger partial charge in [0.05, 0.1) is 0 Å². The van der Waals surface area contributed by atoms with Crippen LogP contribution in [0, 0.1) is 0 Å². The van der Waals surface area contributed by atoms with Crippen LogP contribution >= 0.6 is 0 Å². The van der Waals surface area contributed by atoms with Crippen molar-refractivity contribution >= 4 is 5.97 Å². The van der Waals surface area contributed by atoms with Crippen molar-refractivity contribution in [2.24, 2.45) is 0 Å². The van der Waals surface area contributed by atoms with Gasteiger partial charge in [-0.25, -0.2) is 0 Å². The van der Waals surface area contributed by atoms with Crippen molar-refractivity contribution in [3.8, 4) is 0 Å². The SMILES string of the molecule is COC1C(O)[C@@H](O)C(COC(C)=O)O[C@H]1OC. The first kappa shape index (κ1) is 14.3. The maximum absolute atomic E-state index is 10.7. The number of carbonyl (C=O) groups excluding carboxylic acids is 1. The normalized spacial score (nSPS) is 37.8. The van der Waals surface area contributed by atoms with Gasteiger partial charge in [0, 0.05) is 21.1 Å². The third kappa shape index (κ3) is 3.36. The Kier molecular flexibility index (Phi) is 5.29. The van der Waals surface area contributed by atoms with Gasteiger partial charge in [0.2, 0.25) is 0 Å². The van der Waals surface area contributed by atoms with E-state index in [9.17, 15) is 15.0 Å². The summed E-state index contributed by atoms with van der Waals surface area (Å²) in [5, 5.41) is 19.6. The Morgan fingerprint density at radius 1 is 1.24 bits per heavy atom. The highest BCUT2D eigenvalue weighted by atomic mass is 16.7. The molecule has 7 heteroatoms. The molecule has 1 rings (SSSR count). The Morgan fingerprint density at radius 2 is 1.88 bits per heavy atom. The van der Waals surface area contributed by atoms with Crippen LogP contribution in [0.3, 0.4) is 0 Å². The molecule has 1 heterocycles. The van der Waals surface area contributed by atoms with Crippen LogP contribution in [0.5, 0.6) is 0 Å². The van der Waals surface area contributed by atoms with Crippen molar-refractivity contribution in [2.75, 3.05) is 20.8 Å². The molecule has 0 bridgehead atoms. The van der Waals surface area contributed by atoms with E-state index in [1.54, 1.807) is 0 Å². The molecular formula is C10H18O7. The van der Waals surface area contributed by atoms with E-state index in [-0.39, 0.29) is 6.61 Å². The summed E-state index contributed by atoms with van der Waals surface area (Å²) in [6.45, 7) is 1.10. The molecule has 1 aliphatic rings. The Labute approximate surface area is 99.2 Å². The van der Waals surface area contributed by atoms with Gasteiger partial charge in [0.25, 0.3) is 0 Å². The molecule has 0 amide bonds. The first-order valence-electron chi connectivity index (χ1n) is 5.21. The Bertz CT molecular complexity index is 255. The first-order valence-corrected chi connectivity index (χ1v) is 5.21. The fraction of sp³-hybridized carbons (Fsp3) is 0.900. The zero-order chi connectivity index (χ0) is 13.0. The zero-order valence-corrected chi connectivity index (χ0v) is 10.0. The van der Waals surface area contributed by atoms with Crippen LogP contribution in [0.25, 0.3) is 0 Å². The van der Waals surface area contributed by atoms with Crippen LogP contribution in [0.4, 0.5) is 0 Å². The minimum Gasteiger partial charge on any atom is -0.463 e. The summed E-state index contributed by atoms with van der Waals surface area (Å²) in [7, 11) is 2.77. The molecule has 0 aromatic rings. The average molecular weight is 250 g/mol. The largest absolute Gasteiger partial charge is 0.463 e. The molecule has 0 aromatic heterocycles. The predicted molar refractivity (Wildman–Crippen MR) is 55.1 cm³/mol. The topological polar surface area (TPSA) is 94.5 Å². The molecule has 0 aromatic carbocycles. The lowest BCUT2D eigenvalue weighted by Gasteiger charge is -2.40. The van der Waals surface area contributed by atoms with Crippen molar-refractivity contribution in [2.45, 2.75) is 37.6 Å². The molecule has 5 atom stereocenters. The standard InChI is InChI=1S/C10H18O7/c1-5(11)16-4-6-7(12)8(13)9(14-2)10(15-3)17-6/h6-10,12-13H,4H2,1-3H3/t6?,7-,8?,9?,10+/m0/s1. The number of esters is 1. The number of aliphatic hydroxyl groups excluding tert-OH is 2.